The molecule has 1 aliphatic rings. The van der Waals surface area contributed by atoms with Gasteiger partial charge in [0.25, 0.3) is 0 Å². The van der Waals surface area contributed by atoms with Crippen LogP contribution in [0.15, 0.2) is 41.1 Å². The highest BCUT2D eigenvalue weighted by Gasteiger charge is 2.20. The minimum Gasteiger partial charge on any atom is -0.310 e. The van der Waals surface area contributed by atoms with Crippen molar-refractivity contribution in [1.82, 2.24) is 5.32 Å². The molecule has 0 unspecified atom stereocenters. The maximum atomic E-state index is 3.58. The van der Waals surface area contributed by atoms with Crippen molar-refractivity contribution >= 4 is 11.3 Å². The van der Waals surface area contributed by atoms with Crippen LogP contribution in [-0.4, -0.2) is 6.04 Å². The fourth-order valence-electron chi connectivity index (χ4n) is 1.87. The Morgan fingerprint density at radius 1 is 1.12 bits per heavy atom. The predicted molar refractivity (Wildman–Crippen MR) is 69.6 cm³/mol. The van der Waals surface area contributed by atoms with E-state index >= 15 is 0 Å². The molecule has 16 heavy (non-hydrogen) atoms. The third-order valence-electron chi connectivity index (χ3n) is 2.99. The van der Waals surface area contributed by atoms with Crippen LogP contribution in [0.5, 0.6) is 0 Å². The number of nitrogens with one attached hydrogen (secondary N) is 1. The first-order valence-electron chi connectivity index (χ1n) is 5.77. The van der Waals surface area contributed by atoms with E-state index < -0.39 is 0 Å². The maximum Gasteiger partial charge on any atom is 0.0222 e. The number of thiophene rings is 1. The SMILES string of the molecule is c1ccc(-c2cscc2CNC2CC2)cc1. The maximum absolute atomic E-state index is 3.58. The van der Waals surface area contributed by atoms with E-state index in [9.17, 15) is 0 Å². The predicted octanol–water partition coefficient (Wildman–Crippen LogP) is 3.67. The summed E-state index contributed by atoms with van der Waals surface area (Å²) in [6, 6.07) is 11.4. The Kier molecular flexibility index (Phi) is 2.77. The lowest BCUT2D eigenvalue weighted by molar-refractivity contribution is 0.690. The molecule has 0 spiro atoms. The number of rotatable bonds is 4. The molecule has 2 heteroatoms. The Balaban J connectivity index is 1.81. The smallest absolute Gasteiger partial charge is 0.0222 e. The van der Waals surface area contributed by atoms with Crippen molar-refractivity contribution in [2.75, 3.05) is 0 Å². The number of hydrogen-bond donors (Lipinski definition) is 1. The van der Waals surface area contributed by atoms with Gasteiger partial charge in [-0.15, -0.1) is 0 Å². The van der Waals surface area contributed by atoms with Crippen LogP contribution >= 0.6 is 11.3 Å². The monoisotopic (exact) mass is 229 g/mol. The number of hydrogen-bond acceptors (Lipinski definition) is 2. The molecule has 1 nitrogen and oxygen atoms in total. The first kappa shape index (κ1) is 10.1. The molecule has 0 radical (unpaired) electrons. The van der Waals surface area contributed by atoms with E-state index in [-0.39, 0.29) is 0 Å². The molecule has 0 saturated heterocycles. The second kappa shape index (κ2) is 4.40. The third kappa shape index (κ3) is 2.18. The van der Waals surface area contributed by atoms with Crippen LogP contribution in [0.2, 0.25) is 0 Å². The quantitative estimate of drug-likeness (QED) is 0.843. The lowest BCUT2D eigenvalue weighted by atomic mass is 10.1. The Morgan fingerprint density at radius 2 is 1.94 bits per heavy atom. The topological polar surface area (TPSA) is 12.0 Å². The summed E-state index contributed by atoms with van der Waals surface area (Å²) in [4.78, 5) is 0. The fraction of sp³-hybridized carbons (Fsp3) is 0.286. The van der Waals surface area contributed by atoms with Gasteiger partial charge in [-0.25, -0.2) is 0 Å². The van der Waals surface area contributed by atoms with Crippen LogP contribution in [0, 0.1) is 0 Å². The van der Waals surface area contributed by atoms with Gasteiger partial charge in [-0.05, 0) is 40.3 Å². The van der Waals surface area contributed by atoms with Gasteiger partial charge >= 0.3 is 0 Å². The van der Waals surface area contributed by atoms with Crippen molar-refractivity contribution in [3.05, 3.63) is 46.7 Å². The van der Waals surface area contributed by atoms with E-state index in [0.717, 1.165) is 12.6 Å². The molecule has 1 N–H and O–H groups in total. The van der Waals surface area contributed by atoms with Gasteiger partial charge in [0.15, 0.2) is 0 Å². The summed E-state index contributed by atoms with van der Waals surface area (Å²) in [6.45, 7) is 1.01. The van der Waals surface area contributed by atoms with Crippen LogP contribution < -0.4 is 5.32 Å². The molecule has 0 amide bonds. The standard InChI is InChI=1S/C14H15NS/c1-2-4-11(5-3-1)14-10-16-9-12(14)8-15-13-6-7-13/h1-5,9-10,13,15H,6-8H2. The molecule has 0 atom stereocenters. The van der Waals surface area contributed by atoms with Crippen molar-refractivity contribution in [3.63, 3.8) is 0 Å². The first-order chi connectivity index (χ1) is 7.93. The fourth-order valence-corrected chi connectivity index (χ4v) is 2.74. The molecular formula is C14H15NS. The zero-order valence-electron chi connectivity index (χ0n) is 9.15. The lowest BCUT2D eigenvalue weighted by Gasteiger charge is -2.05. The molecule has 1 aromatic carbocycles. The molecule has 1 heterocycles. The van der Waals surface area contributed by atoms with Crippen molar-refractivity contribution in [1.29, 1.82) is 0 Å². The minimum atomic E-state index is 0.781. The Morgan fingerprint density at radius 3 is 2.69 bits per heavy atom. The highest BCUT2D eigenvalue weighted by molar-refractivity contribution is 7.08. The zero-order chi connectivity index (χ0) is 10.8. The van der Waals surface area contributed by atoms with Gasteiger partial charge in [-0.1, -0.05) is 30.3 Å². The van der Waals surface area contributed by atoms with Gasteiger partial charge in [-0.2, -0.15) is 11.3 Å². The van der Waals surface area contributed by atoms with Crippen LogP contribution in [0.4, 0.5) is 0 Å². The van der Waals surface area contributed by atoms with Gasteiger partial charge in [0.1, 0.15) is 0 Å². The van der Waals surface area contributed by atoms with E-state index in [1.165, 1.54) is 29.5 Å². The van der Waals surface area contributed by atoms with E-state index in [0.29, 0.717) is 0 Å². The van der Waals surface area contributed by atoms with Crippen LogP contribution in [0.3, 0.4) is 0 Å². The van der Waals surface area contributed by atoms with E-state index in [1.54, 1.807) is 11.3 Å². The van der Waals surface area contributed by atoms with Crippen molar-refractivity contribution in [3.8, 4) is 11.1 Å². The summed E-state index contributed by atoms with van der Waals surface area (Å²) in [6.07, 6.45) is 2.70. The zero-order valence-corrected chi connectivity index (χ0v) is 9.96. The average Bonchev–Trinajstić information content (AvgIpc) is 3.05. The molecule has 1 saturated carbocycles. The Hall–Kier alpha value is -1.12. The van der Waals surface area contributed by atoms with E-state index in [2.05, 4.69) is 46.4 Å². The first-order valence-corrected chi connectivity index (χ1v) is 6.71. The number of benzene rings is 1. The van der Waals surface area contributed by atoms with Gasteiger partial charge < -0.3 is 5.32 Å². The summed E-state index contributed by atoms with van der Waals surface area (Å²) in [5, 5.41) is 8.09. The molecule has 1 aliphatic carbocycles. The summed E-state index contributed by atoms with van der Waals surface area (Å²) in [7, 11) is 0. The van der Waals surface area contributed by atoms with Gasteiger partial charge in [0.05, 0.1) is 0 Å². The van der Waals surface area contributed by atoms with E-state index in [1.807, 2.05) is 0 Å². The van der Waals surface area contributed by atoms with E-state index in [4.69, 9.17) is 0 Å². The molecule has 2 aromatic rings. The van der Waals surface area contributed by atoms with Crippen molar-refractivity contribution in [2.45, 2.75) is 25.4 Å². The largest absolute Gasteiger partial charge is 0.310 e. The Labute approximate surface area is 100 Å². The molecule has 1 fully saturated rings. The normalized spacial score (nSPS) is 15.2. The molecule has 0 bridgehead atoms. The summed E-state index contributed by atoms with van der Waals surface area (Å²) in [5.74, 6) is 0. The summed E-state index contributed by atoms with van der Waals surface area (Å²) >= 11 is 1.79. The molecular weight excluding hydrogens is 214 g/mol. The van der Waals surface area contributed by atoms with Gasteiger partial charge in [-0.3, -0.25) is 0 Å². The Bertz CT molecular complexity index is 457. The summed E-state index contributed by atoms with van der Waals surface area (Å²) < 4.78 is 0. The minimum absolute atomic E-state index is 0.781. The van der Waals surface area contributed by atoms with Gasteiger partial charge in [0, 0.05) is 12.6 Å². The van der Waals surface area contributed by atoms with Crippen molar-refractivity contribution < 1.29 is 0 Å². The second-order valence-corrected chi connectivity index (χ2v) is 5.08. The molecule has 82 valence electrons. The third-order valence-corrected chi connectivity index (χ3v) is 3.78. The van der Waals surface area contributed by atoms with Crippen LogP contribution in [0.1, 0.15) is 18.4 Å². The second-order valence-electron chi connectivity index (χ2n) is 4.33. The molecule has 0 aliphatic heterocycles. The molecule has 1 aromatic heterocycles. The van der Waals surface area contributed by atoms with Crippen LogP contribution in [-0.2, 0) is 6.54 Å². The van der Waals surface area contributed by atoms with Gasteiger partial charge in [0.2, 0.25) is 0 Å². The highest BCUT2D eigenvalue weighted by Crippen LogP contribution is 2.28. The molecule has 3 rings (SSSR count). The lowest BCUT2D eigenvalue weighted by Crippen LogP contribution is -2.15. The average molecular weight is 229 g/mol. The highest BCUT2D eigenvalue weighted by atomic mass is 32.1. The van der Waals surface area contributed by atoms with Crippen molar-refractivity contribution in [2.24, 2.45) is 0 Å². The summed E-state index contributed by atoms with van der Waals surface area (Å²) in [5.41, 5.74) is 4.15. The van der Waals surface area contributed by atoms with Crippen LogP contribution in [0.25, 0.3) is 11.1 Å².